The number of rotatable bonds is 16. The first-order chi connectivity index (χ1) is 28.5. The van der Waals surface area contributed by atoms with E-state index >= 15 is 0 Å². The molecule has 16 heteroatoms. The summed E-state index contributed by atoms with van der Waals surface area (Å²) in [6.07, 6.45) is 3.50. The van der Waals surface area contributed by atoms with E-state index in [9.17, 15) is 44.7 Å². The highest BCUT2D eigenvalue weighted by molar-refractivity contribution is 5.95. The Kier molecular flexibility index (Phi) is 13.8. The van der Waals surface area contributed by atoms with Crippen LogP contribution in [0.4, 0.5) is 0 Å². The van der Waals surface area contributed by atoms with E-state index in [1.54, 1.807) is 32.2 Å². The number of carboxylic acid groups (broad SMARTS) is 1. The van der Waals surface area contributed by atoms with Crippen molar-refractivity contribution in [2.45, 2.75) is 134 Å². The van der Waals surface area contributed by atoms with Crippen LogP contribution in [0, 0.1) is 25.2 Å². The monoisotopic (exact) mass is 830 g/mol. The summed E-state index contributed by atoms with van der Waals surface area (Å²) in [6, 6.07) is 8.91. The summed E-state index contributed by atoms with van der Waals surface area (Å²) in [5.74, 6) is -2.39. The summed E-state index contributed by atoms with van der Waals surface area (Å²) >= 11 is 0. The number of nitrogens with zero attached hydrogens (tertiary/aromatic N) is 3. The molecular formula is C44H58N6O10. The van der Waals surface area contributed by atoms with E-state index in [-0.39, 0.29) is 47.4 Å². The average molecular weight is 831 g/mol. The maximum atomic E-state index is 13.5. The number of aliphatic hydroxyl groups excluding tert-OH is 3. The minimum Gasteiger partial charge on any atom is -0.507 e. The number of carboxylic acids is 1. The molecule has 0 bridgehead atoms. The number of aromatic hydroxyl groups is 1. The third-order valence-corrected chi connectivity index (χ3v) is 12.2. The molecule has 1 aliphatic heterocycles. The Morgan fingerprint density at radius 1 is 1.02 bits per heavy atom. The van der Waals surface area contributed by atoms with Gasteiger partial charge < -0.3 is 46.2 Å². The Labute approximate surface area is 349 Å². The fourth-order valence-corrected chi connectivity index (χ4v) is 8.38. The van der Waals surface area contributed by atoms with Gasteiger partial charge in [0.15, 0.2) is 5.60 Å². The van der Waals surface area contributed by atoms with Crippen LogP contribution in [0.25, 0.3) is 6.08 Å². The normalized spacial score (nSPS) is 25.0. The van der Waals surface area contributed by atoms with Crippen molar-refractivity contribution in [3.8, 4) is 5.75 Å². The van der Waals surface area contributed by atoms with E-state index in [1.807, 2.05) is 24.3 Å². The molecule has 2 aromatic carbocycles. The SMILES string of the molecule is Cc1cc(C(=O)NC[C@@H](O)[C@@H](O)[C@@H]2O[C@@](C/C=C/c3cccc(CNC(=O)C4CC4(C)C)c3)(C(=O)O)C[C@H](O)[C@H]2NC(=O)Cn2cc(C3CCCCC3)nn2)cc(C)c1O. The van der Waals surface area contributed by atoms with E-state index in [0.717, 1.165) is 48.9 Å². The quantitative estimate of drug-likeness (QED) is 0.104. The molecule has 3 amide bonds. The molecule has 3 aromatic rings. The molecule has 2 aliphatic carbocycles. The zero-order valence-corrected chi connectivity index (χ0v) is 34.6. The molecule has 2 heterocycles. The lowest BCUT2D eigenvalue weighted by Gasteiger charge is -2.47. The van der Waals surface area contributed by atoms with Crippen LogP contribution < -0.4 is 16.0 Å². The summed E-state index contributed by atoms with van der Waals surface area (Å²) in [5.41, 5.74) is 1.38. The van der Waals surface area contributed by atoms with Gasteiger partial charge in [-0.25, -0.2) is 9.48 Å². The van der Waals surface area contributed by atoms with Crippen LogP contribution in [0.1, 0.15) is 109 Å². The molecular weight excluding hydrogens is 773 g/mol. The van der Waals surface area contributed by atoms with Crippen molar-refractivity contribution in [1.29, 1.82) is 0 Å². The number of hydrogen-bond donors (Lipinski definition) is 8. The molecule has 3 fully saturated rings. The molecule has 0 radical (unpaired) electrons. The second-order valence-electron chi connectivity index (χ2n) is 17.5. The minimum atomic E-state index is -2.10. The van der Waals surface area contributed by atoms with Crippen LogP contribution in [0.15, 0.2) is 48.7 Å². The number of aliphatic carboxylic acids is 1. The van der Waals surface area contributed by atoms with Crippen molar-refractivity contribution in [3.05, 3.63) is 82.2 Å². The van der Waals surface area contributed by atoms with E-state index in [2.05, 4.69) is 40.1 Å². The third-order valence-electron chi connectivity index (χ3n) is 12.2. The third kappa shape index (κ3) is 10.6. The number of aromatic nitrogens is 3. The van der Waals surface area contributed by atoms with E-state index in [0.29, 0.717) is 17.7 Å². The average Bonchev–Trinajstić information content (AvgIpc) is 3.61. The topological polar surface area (TPSA) is 245 Å². The van der Waals surface area contributed by atoms with Crippen molar-refractivity contribution in [3.63, 3.8) is 0 Å². The summed E-state index contributed by atoms with van der Waals surface area (Å²) in [4.78, 5) is 52.1. The Bertz CT molecular complexity index is 2060. The molecule has 16 nitrogen and oxygen atoms in total. The van der Waals surface area contributed by atoms with Gasteiger partial charge in [0, 0.05) is 49.5 Å². The first-order valence-electron chi connectivity index (χ1n) is 20.7. The second kappa shape index (κ2) is 18.6. The van der Waals surface area contributed by atoms with Gasteiger partial charge in [-0.1, -0.05) is 68.7 Å². The predicted molar refractivity (Wildman–Crippen MR) is 219 cm³/mol. The van der Waals surface area contributed by atoms with Gasteiger partial charge in [0.05, 0.1) is 23.9 Å². The molecule has 1 aromatic heterocycles. The summed E-state index contributed by atoms with van der Waals surface area (Å²) in [6.45, 7) is 6.90. The molecule has 324 valence electrons. The van der Waals surface area contributed by atoms with Crippen molar-refractivity contribution >= 4 is 29.8 Å². The zero-order chi connectivity index (χ0) is 43.4. The molecule has 0 spiro atoms. The summed E-state index contributed by atoms with van der Waals surface area (Å²) < 4.78 is 7.56. The largest absolute Gasteiger partial charge is 0.507 e. The maximum Gasteiger partial charge on any atom is 0.336 e. The van der Waals surface area contributed by atoms with Gasteiger partial charge in [-0.15, -0.1) is 5.10 Å². The van der Waals surface area contributed by atoms with Gasteiger partial charge in [-0.05, 0) is 79.0 Å². The molecule has 3 aliphatic rings. The fourth-order valence-electron chi connectivity index (χ4n) is 8.38. The van der Waals surface area contributed by atoms with Gasteiger partial charge in [-0.3, -0.25) is 14.4 Å². The Hall–Kier alpha value is -5.16. The fraction of sp³-hybridized carbons (Fsp3) is 0.545. The van der Waals surface area contributed by atoms with Gasteiger partial charge in [0.25, 0.3) is 5.91 Å². The predicted octanol–water partition coefficient (Wildman–Crippen LogP) is 3.02. The summed E-state index contributed by atoms with van der Waals surface area (Å²) in [5, 5.41) is 71.7. The van der Waals surface area contributed by atoms with Gasteiger partial charge in [-0.2, -0.15) is 0 Å². The number of carbonyl (C=O) groups is 4. The lowest BCUT2D eigenvalue weighted by Crippen LogP contribution is -2.67. The first-order valence-corrected chi connectivity index (χ1v) is 20.7. The van der Waals surface area contributed by atoms with Crippen molar-refractivity contribution in [2.75, 3.05) is 6.54 Å². The van der Waals surface area contributed by atoms with Gasteiger partial charge in [0.2, 0.25) is 11.8 Å². The molecule has 8 N–H and O–H groups in total. The number of benzene rings is 2. The van der Waals surface area contributed by atoms with Crippen molar-refractivity contribution in [1.82, 2.24) is 30.9 Å². The molecule has 6 rings (SSSR count). The molecule has 60 heavy (non-hydrogen) atoms. The highest BCUT2D eigenvalue weighted by atomic mass is 16.6. The number of nitrogens with one attached hydrogen (secondary N) is 3. The Balaban J connectivity index is 1.17. The molecule has 1 saturated heterocycles. The van der Waals surface area contributed by atoms with Crippen molar-refractivity contribution in [2.24, 2.45) is 11.3 Å². The van der Waals surface area contributed by atoms with Crippen molar-refractivity contribution < 1.29 is 49.4 Å². The van der Waals surface area contributed by atoms with Gasteiger partial charge in [0.1, 0.15) is 24.5 Å². The smallest absolute Gasteiger partial charge is 0.336 e. The number of hydrogen-bond acceptors (Lipinski definition) is 11. The number of carbonyl (C=O) groups excluding carboxylic acids is 3. The standard InChI is InChI=1S/C44H58N6O10/c1-25-16-30(17-26(2)37(25)54)40(56)46-22-34(52)38(55)39-36(47-35(53)24-50-23-32(48-49-50)29-13-6-5-7-14-29)33(51)20-44(60-39,42(58)59)15-9-12-27-10-8-11-28(18-27)21-45-41(57)31-19-43(31,3)4/h8-12,16-18,23,29,31,33-34,36,38-39,51-52,54-55H,5-7,13-15,19-22,24H2,1-4H3,(H,45,57)(H,46,56)(H,47,53)(H,58,59)/b12-9+/t31?,33-,34+,36+,38+,39+,44+/m0/s1. The number of ether oxygens (including phenoxy) is 1. The van der Waals surface area contributed by atoms with Crippen LogP contribution in [0.2, 0.25) is 0 Å². The number of phenols is 1. The number of aliphatic hydroxyl groups is 3. The second-order valence-corrected chi connectivity index (χ2v) is 17.5. The molecule has 2 saturated carbocycles. The van der Waals surface area contributed by atoms with Gasteiger partial charge >= 0.3 is 5.97 Å². The van der Waals surface area contributed by atoms with Crippen LogP contribution >= 0.6 is 0 Å². The highest BCUT2D eigenvalue weighted by Gasteiger charge is 2.54. The van der Waals surface area contributed by atoms with E-state index in [1.165, 1.54) is 23.2 Å². The lowest BCUT2D eigenvalue weighted by atomic mass is 9.81. The van der Waals surface area contributed by atoms with E-state index < -0.39 is 66.8 Å². The van der Waals surface area contributed by atoms with Crippen LogP contribution in [0.5, 0.6) is 5.75 Å². The highest BCUT2D eigenvalue weighted by Crippen LogP contribution is 2.51. The minimum absolute atomic E-state index is 0.000728. The van der Waals surface area contributed by atoms with Crippen LogP contribution in [-0.4, -0.2) is 107 Å². The first kappa shape index (κ1) is 44.4. The number of amides is 3. The molecule has 1 unspecified atom stereocenters. The summed E-state index contributed by atoms with van der Waals surface area (Å²) in [7, 11) is 0. The molecule has 7 atom stereocenters. The number of phenolic OH excluding ortho intramolecular Hbond substituents is 1. The zero-order valence-electron chi connectivity index (χ0n) is 34.6. The van der Waals surface area contributed by atoms with Crippen LogP contribution in [-0.2, 0) is 32.2 Å². The Morgan fingerprint density at radius 3 is 2.38 bits per heavy atom. The maximum absolute atomic E-state index is 13.5. The lowest BCUT2D eigenvalue weighted by molar-refractivity contribution is -0.226. The van der Waals surface area contributed by atoms with Crippen LogP contribution in [0.3, 0.4) is 0 Å². The van der Waals surface area contributed by atoms with E-state index in [4.69, 9.17) is 4.74 Å². The number of aryl methyl sites for hydroxylation is 2. The Morgan fingerprint density at radius 2 is 1.72 bits per heavy atom.